The van der Waals surface area contributed by atoms with Crippen molar-refractivity contribution in [3.63, 3.8) is 0 Å². The minimum Gasteiger partial charge on any atom is -0.486 e. The van der Waals surface area contributed by atoms with E-state index < -0.39 is 5.91 Å². The molecule has 1 unspecified atom stereocenters. The molecule has 1 fully saturated rings. The Kier molecular flexibility index (Phi) is 6.88. The summed E-state index contributed by atoms with van der Waals surface area (Å²) in [5.74, 6) is -0.299. The molecule has 34 heavy (non-hydrogen) atoms. The van der Waals surface area contributed by atoms with E-state index in [0.29, 0.717) is 35.2 Å². The van der Waals surface area contributed by atoms with Crippen LogP contribution in [0.2, 0.25) is 5.02 Å². The number of aromatic nitrogens is 2. The fourth-order valence-corrected chi connectivity index (χ4v) is 4.50. The molecule has 8 nitrogen and oxygen atoms in total. The lowest BCUT2D eigenvalue weighted by molar-refractivity contribution is -0.127. The lowest BCUT2D eigenvalue weighted by atomic mass is 9.91. The molecule has 1 atom stereocenters. The van der Waals surface area contributed by atoms with E-state index in [2.05, 4.69) is 11.6 Å². The summed E-state index contributed by atoms with van der Waals surface area (Å²) < 4.78 is 7.44. The number of carbonyl (C=O) groups excluding carboxylic acids is 2. The monoisotopic (exact) mass is 479 g/mol. The maximum absolute atomic E-state index is 12.3. The number of nitrogen functional groups attached to an aromatic ring is 1. The Bertz CT molecular complexity index is 1220. The van der Waals surface area contributed by atoms with Gasteiger partial charge in [0.2, 0.25) is 5.91 Å². The Balaban J connectivity index is 1.62. The van der Waals surface area contributed by atoms with Crippen molar-refractivity contribution in [2.24, 2.45) is 5.73 Å². The standard InChI is InChI=1S/C25H26ClN5O3/c1-2-22(32)30-11-5-6-16(13-30)19-14-31(24(23(19)27)25(28)33)18-8-9-21(20(26)12-18)34-15-17-7-3-4-10-29-17/h2-4,7-10,12,14,16H,1,5-6,11,13,15,27H2,(H2,28,33). The summed E-state index contributed by atoms with van der Waals surface area (Å²) in [5, 5.41) is 0.373. The number of benzene rings is 1. The molecule has 3 heterocycles. The zero-order valence-corrected chi connectivity index (χ0v) is 19.4. The predicted molar refractivity (Wildman–Crippen MR) is 131 cm³/mol. The van der Waals surface area contributed by atoms with Crippen molar-refractivity contribution in [1.29, 1.82) is 0 Å². The quantitative estimate of drug-likeness (QED) is 0.501. The molecule has 0 bridgehead atoms. The third-order valence-corrected chi connectivity index (χ3v) is 6.25. The van der Waals surface area contributed by atoms with Gasteiger partial charge in [0.15, 0.2) is 0 Å². The number of likely N-dealkylation sites (tertiary alicyclic amines) is 1. The van der Waals surface area contributed by atoms with Crippen LogP contribution in [-0.2, 0) is 11.4 Å². The smallest absolute Gasteiger partial charge is 0.267 e. The van der Waals surface area contributed by atoms with E-state index in [0.717, 1.165) is 24.1 Å². The van der Waals surface area contributed by atoms with Gasteiger partial charge in [-0.3, -0.25) is 14.6 Å². The lowest BCUT2D eigenvalue weighted by Gasteiger charge is -2.32. The van der Waals surface area contributed by atoms with E-state index in [1.54, 1.807) is 33.9 Å². The van der Waals surface area contributed by atoms with Crippen LogP contribution in [0.15, 0.2) is 61.4 Å². The zero-order chi connectivity index (χ0) is 24.2. The number of amides is 2. The van der Waals surface area contributed by atoms with Crippen LogP contribution in [0.5, 0.6) is 5.75 Å². The second-order valence-corrected chi connectivity index (χ2v) is 8.54. The highest BCUT2D eigenvalue weighted by atomic mass is 35.5. The number of anilines is 1. The third-order valence-electron chi connectivity index (χ3n) is 5.95. The number of hydrogen-bond acceptors (Lipinski definition) is 5. The van der Waals surface area contributed by atoms with Gasteiger partial charge in [0.05, 0.1) is 16.4 Å². The molecule has 0 spiro atoms. The second-order valence-electron chi connectivity index (χ2n) is 8.13. The van der Waals surface area contributed by atoms with Gasteiger partial charge in [-0.25, -0.2) is 0 Å². The van der Waals surface area contributed by atoms with Crippen LogP contribution in [0.1, 0.15) is 40.5 Å². The van der Waals surface area contributed by atoms with E-state index in [9.17, 15) is 9.59 Å². The molecule has 1 aliphatic rings. The first-order chi connectivity index (χ1) is 16.4. The number of ether oxygens (including phenoxy) is 1. The molecule has 2 aromatic heterocycles. The summed E-state index contributed by atoms with van der Waals surface area (Å²) in [6.07, 6.45) is 6.48. The lowest BCUT2D eigenvalue weighted by Crippen LogP contribution is -2.38. The number of piperidine rings is 1. The molecular formula is C25H26ClN5O3. The van der Waals surface area contributed by atoms with Crippen molar-refractivity contribution in [3.05, 3.63) is 83.4 Å². The van der Waals surface area contributed by atoms with Crippen LogP contribution in [-0.4, -0.2) is 39.4 Å². The Hall–Kier alpha value is -3.78. The van der Waals surface area contributed by atoms with Crippen molar-refractivity contribution in [2.75, 3.05) is 18.8 Å². The summed E-state index contributed by atoms with van der Waals surface area (Å²) in [4.78, 5) is 30.4. The Morgan fingerprint density at radius 3 is 2.79 bits per heavy atom. The van der Waals surface area contributed by atoms with Crippen molar-refractivity contribution >= 4 is 29.1 Å². The summed E-state index contributed by atoms with van der Waals surface area (Å²) in [5.41, 5.74) is 14.8. The first kappa shape index (κ1) is 23.4. The van der Waals surface area contributed by atoms with Crippen molar-refractivity contribution in [3.8, 4) is 11.4 Å². The fraction of sp³-hybridized carbons (Fsp3) is 0.240. The topological polar surface area (TPSA) is 116 Å². The van der Waals surface area contributed by atoms with Crippen molar-refractivity contribution in [2.45, 2.75) is 25.4 Å². The van der Waals surface area contributed by atoms with E-state index in [-0.39, 0.29) is 24.1 Å². The van der Waals surface area contributed by atoms with Crippen LogP contribution >= 0.6 is 11.6 Å². The number of rotatable bonds is 7. The highest BCUT2D eigenvalue weighted by Gasteiger charge is 2.29. The molecule has 176 valence electrons. The summed E-state index contributed by atoms with van der Waals surface area (Å²) in [6, 6.07) is 10.8. The second kappa shape index (κ2) is 10.0. The van der Waals surface area contributed by atoms with Gasteiger partial charge in [0, 0.05) is 37.1 Å². The zero-order valence-electron chi connectivity index (χ0n) is 18.6. The Morgan fingerprint density at radius 1 is 1.29 bits per heavy atom. The van der Waals surface area contributed by atoms with Gasteiger partial charge in [-0.1, -0.05) is 24.2 Å². The first-order valence-electron chi connectivity index (χ1n) is 10.9. The number of primary amides is 1. The molecular weight excluding hydrogens is 454 g/mol. The Labute approximate surface area is 202 Å². The first-order valence-corrected chi connectivity index (χ1v) is 11.3. The molecule has 1 aromatic carbocycles. The average Bonchev–Trinajstić information content (AvgIpc) is 3.20. The minimum absolute atomic E-state index is 0.0200. The summed E-state index contributed by atoms with van der Waals surface area (Å²) in [6.45, 7) is 5.01. The number of nitrogens with zero attached hydrogens (tertiary/aromatic N) is 3. The number of pyridine rings is 1. The Morgan fingerprint density at radius 2 is 2.12 bits per heavy atom. The average molecular weight is 480 g/mol. The van der Waals surface area contributed by atoms with Crippen molar-refractivity contribution in [1.82, 2.24) is 14.5 Å². The maximum atomic E-state index is 12.3. The van der Waals surface area contributed by atoms with Gasteiger partial charge in [-0.15, -0.1) is 0 Å². The fourth-order valence-electron chi connectivity index (χ4n) is 4.27. The molecule has 2 amide bonds. The van der Waals surface area contributed by atoms with Crippen LogP contribution in [0.25, 0.3) is 5.69 Å². The molecule has 3 aromatic rings. The third kappa shape index (κ3) is 4.77. The predicted octanol–water partition coefficient (Wildman–Crippen LogP) is 3.68. The van der Waals surface area contributed by atoms with Gasteiger partial charge < -0.3 is 25.7 Å². The van der Waals surface area contributed by atoms with Gasteiger partial charge >= 0.3 is 0 Å². The summed E-state index contributed by atoms with van der Waals surface area (Å²) in [7, 11) is 0. The van der Waals surface area contributed by atoms with Crippen LogP contribution in [0.3, 0.4) is 0 Å². The van der Waals surface area contributed by atoms with Crippen LogP contribution in [0, 0.1) is 0 Å². The highest BCUT2D eigenvalue weighted by molar-refractivity contribution is 6.32. The van der Waals surface area contributed by atoms with Gasteiger partial charge in [-0.05, 0) is 54.8 Å². The largest absolute Gasteiger partial charge is 0.486 e. The summed E-state index contributed by atoms with van der Waals surface area (Å²) >= 11 is 6.48. The molecule has 9 heteroatoms. The number of nitrogens with two attached hydrogens (primary N) is 2. The molecule has 4 N–H and O–H groups in total. The normalized spacial score (nSPS) is 15.7. The maximum Gasteiger partial charge on any atom is 0.267 e. The molecule has 0 saturated carbocycles. The van der Waals surface area contributed by atoms with Crippen LogP contribution < -0.4 is 16.2 Å². The SMILES string of the molecule is C=CC(=O)N1CCCC(c2cn(-c3ccc(OCc4ccccn4)c(Cl)c3)c(C(N)=O)c2N)C1. The molecule has 1 aliphatic heterocycles. The van der Waals surface area contributed by atoms with Gasteiger partial charge in [-0.2, -0.15) is 0 Å². The van der Waals surface area contributed by atoms with E-state index in [4.69, 9.17) is 27.8 Å². The van der Waals surface area contributed by atoms with E-state index in [1.165, 1.54) is 6.08 Å². The van der Waals surface area contributed by atoms with Gasteiger partial charge in [0.25, 0.3) is 5.91 Å². The number of halogens is 1. The van der Waals surface area contributed by atoms with E-state index in [1.807, 2.05) is 24.4 Å². The molecule has 4 rings (SSSR count). The van der Waals surface area contributed by atoms with E-state index >= 15 is 0 Å². The van der Waals surface area contributed by atoms with Crippen molar-refractivity contribution < 1.29 is 14.3 Å². The molecule has 0 aliphatic carbocycles. The number of carbonyl (C=O) groups is 2. The highest BCUT2D eigenvalue weighted by Crippen LogP contribution is 2.36. The molecule has 0 radical (unpaired) electrons. The minimum atomic E-state index is -0.648. The van der Waals surface area contributed by atoms with Crippen LogP contribution in [0.4, 0.5) is 5.69 Å². The number of hydrogen-bond donors (Lipinski definition) is 2. The molecule has 1 saturated heterocycles. The van der Waals surface area contributed by atoms with Gasteiger partial charge in [0.1, 0.15) is 18.1 Å².